The summed E-state index contributed by atoms with van der Waals surface area (Å²) in [6.45, 7) is 1.85. The maximum absolute atomic E-state index is 10.8. The quantitative estimate of drug-likeness (QED) is 0.806. The second-order valence-corrected chi connectivity index (χ2v) is 3.68. The zero-order chi connectivity index (χ0) is 11.0. The van der Waals surface area contributed by atoms with Crippen molar-refractivity contribution in [1.29, 1.82) is 0 Å². The lowest BCUT2D eigenvalue weighted by Gasteiger charge is -2.04. The lowest BCUT2D eigenvalue weighted by Crippen LogP contribution is -1.96. The zero-order valence-corrected chi connectivity index (χ0v) is 8.75. The highest BCUT2D eigenvalue weighted by Crippen LogP contribution is 2.24. The lowest BCUT2D eigenvalue weighted by atomic mass is 10.1. The molecule has 1 heterocycles. The summed E-state index contributed by atoms with van der Waals surface area (Å²) in [6, 6.07) is 4.80. The predicted octanol–water partition coefficient (Wildman–Crippen LogP) is 2.89. The number of aromatic carboxylic acids is 1. The van der Waals surface area contributed by atoms with Gasteiger partial charge in [0.1, 0.15) is 0 Å². The molecule has 1 aromatic carbocycles. The maximum Gasteiger partial charge on any atom is 0.335 e. The highest BCUT2D eigenvalue weighted by Gasteiger charge is 2.07. The number of carboxylic acid groups (broad SMARTS) is 1. The van der Waals surface area contributed by atoms with Crippen LogP contribution in [0.4, 0.5) is 0 Å². The van der Waals surface area contributed by atoms with Gasteiger partial charge in [-0.25, -0.2) is 4.79 Å². The van der Waals surface area contributed by atoms with Crippen molar-refractivity contribution in [3.05, 3.63) is 40.5 Å². The van der Waals surface area contributed by atoms with E-state index in [1.54, 1.807) is 18.3 Å². The Balaban J connectivity index is 2.79. The van der Waals surface area contributed by atoms with Crippen LogP contribution in [0.15, 0.2) is 24.4 Å². The number of fused-ring (bicyclic) bond motifs is 1. The van der Waals surface area contributed by atoms with E-state index in [0.717, 1.165) is 16.5 Å². The van der Waals surface area contributed by atoms with Crippen LogP contribution in [0.1, 0.15) is 15.9 Å². The molecule has 0 spiro atoms. The minimum atomic E-state index is -0.948. The van der Waals surface area contributed by atoms with Gasteiger partial charge in [-0.2, -0.15) is 0 Å². The fourth-order valence-electron chi connectivity index (χ4n) is 1.43. The molecule has 0 fully saturated rings. The molecule has 0 bridgehead atoms. The molecule has 0 saturated heterocycles. The van der Waals surface area contributed by atoms with Crippen LogP contribution >= 0.6 is 11.6 Å². The second kappa shape index (κ2) is 3.51. The molecule has 0 aliphatic carbocycles. The molecule has 2 aromatic rings. The van der Waals surface area contributed by atoms with Gasteiger partial charge in [-0.05, 0) is 30.7 Å². The van der Waals surface area contributed by atoms with Gasteiger partial charge >= 0.3 is 5.97 Å². The van der Waals surface area contributed by atoms with E-state index in [1.165, 1.54) is 6.07 Å². The van der Waals surface area contributed by atoms with Crippen molar-refractivity contribution < 1.29 is 9.90 Å². The first kappa shape index (κ1) is 9.93. The first-order chi connectivity index (χ1) is 7.09. The molecule has 76 valence electrons. The standard InChI is InChI=1S/C11H8ClNO2/c1-6-8-4-7(11(14)15)2-3-10(8)13-5-9(6)12/h2-5H,1H3,(H,14,15). The molecule has 0 atom stereocenters. The third-order valence-corrected chi connectivity index (χ3v) is 2.70. The number of carbonyl (C=O) groups is 1. The van der Waals surface area contributed by atoms with E-state index in [-0.39, 0.29) is 5.56 Å². The van der Waals surface area contributed by atoms with Crippen LogP contribution in [-0.4, -0.2) is 16.1 Å². The van der Waals surface area contributed by atoms with Gasteiger partial charge in [0.05, 0.1) is 16.1 Å². The Morgan fingerprint density at radius 1 is 1.47 bits per heavy atom. The van der Waals surface area contributed by atoms with Gasteiger partial charge in [-0.15, -0.1) is 0 Å². The summed E-state index contributed by atoms with van der Waals surface area (Å²) in [5.74, 6) is -0.948. The van der Waals surface area contributed by atoms with Crippen molar-refractivity contribution >= 4 is 28.5 Å². The van der Waals surface area contributed by atoms with Crippen LogP contribution in [0.2, 0.25) is 5.02 Å². The Morgan fingerprint density at radius 3 is 2.87 bits per heavy atom. The summed E-state index contributed by atoms with van der Waals surface area (Å²) in [7, 11) is 0. The van der Waals surface area contributed by atoms with E-state index in [1.807, 2.05) is 6.92 Å². The maximum atomic E-state index is 10.8. The van der Waals surface area contributed by atoms with E-state index in [0.29, 0.717) is 5.02 Å². The number of halogens is 1. The van der Waals surface area contributed by atoms with E-state index in [9.17, 15) is 4.79 Å². The molecule has 4 heteroatoms. The van der Waals surface area contributed by atoms with E-state index >= 15 is 0 Å². The fraction of sp³-hybridized carbons (Fsp3) is 0.0909. The van der Waals surface area contributed by atoms with Gasteiger partial charge in [0.25, 0.3) is 0 Å². The number of aromatic nitrogens is 1. The largest absolute Gasteiger partial charge is 0.478 e. The third kappa shape index (κ3) is 1.66. The van der Waals surface area contributed by atoms with Crippen LogP contribution in [0.5, 0.6) is 0 Å². The van der Waals surface area contributed by atoms with Gasteiger partial charge in [-0.3, -0.25) is 4.98 Å². The summed E-state index contributed by atoms with van der Waals surface area (Å²) in [5, 5.41) is 10.2. The van der Waals surface area contributed by atoms with Gasteiger partial charge in [0.2, 0.25) is 0 Å². The highest BCUT2D eigenvalue weighted by molar-refractivity contribution is 6.32. The van der Waals surface area contributed by atoms with Crippen molar-refractivity contribution in [2.75, 3.05) is 0 Å². The van der Waals surface area contributed by atoms with E-state index in [4.69, 9.17) is 16.7 Å². The van der Waals surface area contributed by atoms with Crippen molar-refractivity contribution in [3.8, 4) is 0 Å². The number of carboxylic acids is 1. The number of benzene rings is 1. The van der Waals surface area contributed by atoms with Gasteiger partial charge in [0.15, 0.2) is 0 Å². The highest BCUT2D eigenvalue weighted by atomic mass is 35.5. The molecule has 1 N–H and O–H groups in total. The van der Waals surface area contributed by atoms with Gasteiger partial charge < -0.3 is 5.11 Å². The zero-order valence-electron chi connectivity index (χ0n) is 7.99. The van der Waals surface area contributed by atoms with Crippen LogP contribution in [0.25, 0.3) is 10.9 Å². The topological polar surface area (TPSA) is 50.2 Å². The Labute approximate surface area is 91.3 Å². The number of aryl methyl sites for hydroxylation is 1. The van der Waals surface area contributed by atoms with Crippen molar-refractivity contribution in [2.45, 2.75) is 6.92 Å². The Hall–Kier alpha value is -1.61. The fourth-order valence-corrected chi connectivity index (χ4v) is 1.58. The Kier molecular flexibility index (Phi) is 2.32. The van der Waals surface area contributed by atoms with Crippen LogP contribution in [0.3, 0.4) is 0 Å². The molecular weight excluding hydrogens is 214 g/mol. The molecule has 0 aliphatic rings. The molecule has 2 rings (SSSR count). The summed E-state index contributed by atoms with van der Waals surface area (Å²) in [4.78, 5) is 14.9. The molecule has 15 heavy (non-hydrogen) atoms. The summed E-state index contributed by atoms with van der Waals surface area (Å²) >= 11 is 5.91. The molecule has 0 unspecified atom stereocenters. The Morgan fingerprint density at radius 2 is 2.20 bits per heavy atom. The smallest absolute Gasteiger partial charge is 0.335 e. The molecule has 0 radical (unpaired) electrons. The molecule has 1 aromatic heterocycles. The number of nitrogens with zero attached hydrogens (tertiary/aromatic N) is 1. The molecule has 3 nitrogen and oxygen atoms in total. The number of pyridine rings is 1. The Bertz CT molecular complexity index is 552. The van der Waals surface area contributed by atoms with Crippen molar-refractivity contribution in [3.63, 3.8) is 0 Å². The number of hydrogen-bond donors (Lipinski definition) is 1. The normalized spacial score (nSPS) is 10.5. The number of rotatable bonds is 1. The molecular formula is C11H8ClNO2. The minimum Gasteiger partial charge on any atom is -0.478 e. The first-order valence-corrected chi connectivity index (χ1v) is 4.75. The minimum absolute atomic E-state index is 0.245. The second-order valence-electron chi connectivity index (χ2n) is 3.27. The average Bonchev–Trinajstić information content (AvgIpc) is 2.23. The monoisotopic (exact) mass is 221 g/mol. The van der Waals surface area contributed by atoms with Crippen LogP contribution < -0.4 is 0 Å². The van der Waals surface area contributed by atoms with E-state index < -0.39 is 5.97 Å². The van der Waals surface area contributed by atoms with Crippen LogP contribution in [0, 0.1) is 6.92 Å². The molecule has 0 aliphatic heterocycles. The SMILES string of the molecule is Cc1c(Cl)cnc2ccc(C(=O)O)cc12. The van der Waals surface area contributed by atoms with Crippen molar-refractivity contribution in [1.82, 2.24) is 4.98 Å². The molecule has 0 amide bonds. The number of hydrogen-bond acceptors (Lipinski definition) is 2. The summed E-state index contributed by atoms with van der Waals surface area (Å²) in [6.07, 6.45) is 1.57. The molecule has 0 saturated carbocycles. The first-order valence-electron chi connectivity index (χ1n) is 4.38. The summed E-state index contributed by atoms with van der Waals surface area (Å²) in [5.41, 5.74) is 1.85. The summed E-state index contributed by atoms with van der Waals surface area (Å²) < 4.78 is 0. The van der Waals surface area contributed by atoms with E-state index in [2.05, 4.69) is 4.98 Å². The van der Waals surface area contributed by atoms with Crippen LogP contribution in [-0.2, 0) is 0 Å². The third-order valence-electron chi connectivity index (χ3n) is 2.32. The van der Waals surface area contributed by atoms with Crippen molar-refractivity contribution in [2.24, 2.45) is 0 Å². The van der Waals surface area contributed by atoms with Gasteiger partial charge in [-0.1, -0.05) is 11.6 Å². The average molecular weight is 222 g/mol. The predicted molar refractivity (Wildman–Crippen MR) is 58.4 cm³/mol. The van der Waals surface area contributed by atoms with Gasteiger partial charge in [0, 0.05) is 11.6 Å². The lowest BCUT2D eigenvalue weighted by molar-refractivity contribution is 0.0697.